The summed E-state index contributed by atoms with van der Waals surface area (Å²) in [5.41, 5.74) is 4.94. The third-order valence-electron chi connectivity index (χ3n) is 4.64. The van der Waals surface area contributed by atoms with Gasteiger partial charge < -0.3 is 15.8 Å². The van der Waals surface area contributed by atoms with Gasteiger partial charge in [-0.3, -0.25) is 9.59 Å². The summed E-state index contributed by atoms with van der Waals surface area (Å²) in [6.07, 6.45) is 2.37. The molecule has 0 saturated carbocycles. The van der Waals surface area contributed by atoms with Gasteiger partial charge in [-0.15, -0.1) is 0 Å². The van der Waals surface area contributed by atoms with E-state index in [1.165, 1.54) is 22.5 Å². The van der Waals surface area contributed by atoms with Crippen LogP contribution in [0.3, 0.4) is 0 Å². The summed E-state index contributed by atoms with van der Waals surface area (Å²) < 4.78 is 32.1. The third kappa shape index (κ3) is 5.20. The summed E-state index contributed by atoms with van der Waals surface area (Å²) in [7, 11) is -3.68. The van der Waals surface area contributed by atoms with Crippen molar-refractivity contribution in [2.45, 2.75) is 50.5 Å². The second-order valence-electron chi connectivity index (χ2n) is 7.21. The number of hydrogen-bond acceptors (Lipinski definition) is 5. The number of ether oxygens (including phenoxy) is 1. The monoisotopic (exact) mass is 397 g/mol. The molecular formula is C18H27N3O5S. The lowest BCUT2D eigenvalue weighted by atomic mass is 10.0. The number of benzene rings is 1. The summed E-state index contributed by atoms with van der Waals surface area (Å²) in [6.45, 7) is 6.34. The van der Waals surface area contributed by atoms with Crippen LogP contribution in [0.15, 0.2) is 23.1 Å². The van der Waals surface area contributed by atoms with E-state index >= 15 is 0 Å². The molecule has 27 heavy (non-hydrogen) atoms. The van der Waals surface area contributed by atoms with Crippen molar-refractivity contribution in [1.29, 1.82) is 0 Å². The maximum absolute atomic E-state index is 12.6. The Balaban J connectivity index is 2.18. The summed E-state index contributed by atoms with van der Waals surface area (Å²) >= 11 is 0. The van der Waals surface area contributed by atoms with Crippen LogP contribution in [0.2, 0.25) is 0 Å². The van der Waals surface area contributed by atoms with Crippen molar-refractivity contribution in [3.8, 4) is 5.75 Å². The van der Waals surface area contributed by atoms with E-state index in [9.17, 15) is 18.0 Å². The minimum Gasteiger partial charge on any atom is -0.483 e. The first-order valence-corrected chi connectivity index (χ1v) is 10.4. The predicted octanol–water partition coefficient (Wildman–Crippen LogP) is 1.25. The molecule has 0 aromatic heterocycles. The van der Waals surface area contributed by atoms with Crippen LogP contribution < -0.4 is 15.8 Å². The van der Waals surface area contributed by atoms with Crippen LogP contribution in [0.4, 0.5) is 0 Å². The quantitative estimate of drug-likeness (QED) is 0.684. The van der Waals surface area contributed by atoms with Crippen LogP contribution >= 0.6 is 0 Å². The number of nitrogens with one attached hydrogen (secondary N) is 1. The molecule has 9 heteroatoms. The molecule has 1 saturated heterocycles. The molecular weight excluding hydrogens is 370 g/mol. The van der Waals surface area contributed by atoms with Crippen molar-refractivity contribution >= 4 is 21.8 Å². The lowest BCUT2D eigenvalue weighted by Crippen LogP contribution is -2.45. The number of nitrogens with two attached hydrogens (primary N) is 1. The van der Waals surface area contributed by atoms with Gasteiger partial charge in [0.15, 0.2) is 6.61 Å². The number of carbonyl (C=O) groups excluding carboxylic acids is 2. The normalized spacial score (nSPS) is 15.5. The molecule has 0 spiro atoms. The maximum Gasteiger partial charge on any atom is 0.258 e. The molecule has 8 nitrogen and oxygen atoms in total. The fraction of sp³-hybridized carbons (Fsp3) is 0.556. The Bertz CT molecular complexity index is 814. The Hall–Kier alpha value is -2.13. The number of carbonyl (C=O) groups is 2. The van der Waals surface area contributed by atoms with Gasteiger partial charge in [0.05, 0.1) is 10.5 Å². The van der Waals surface area contributed by atoms with E-state index in [4.69, 9.17) is 10.5 Å². The molecule has 0 aliphatic carbocycles. The standard InChI is InChI=1S/C18H27N3O5S/c1-4-18(2,3)20-16(22)12-26-15-8-7-13(11-14(15)17(19)23)27(24,25)21-9-5-6-10-21/h7-8,11H,4-6,9-10,12H2,1-3H3,(H2,19,23)(H,20,22). The zero-order valence-electron chi connectivity index (χ0n) is 15.9. The molecule has 1 aliphatic rings. The van der Waals surface area contributed by atoms with Crippen molar-refractivity contribution in [2.75, 3.05) is 19.7 Å². The first-order valence-electron chi connectivity index (χ1n) is 8.94. The molecule has 2 amide bonds. The molecule has 1 aromatic carbocycles. The molecule has 150 valence electrons. The van der Waals surface area contributed by atoms with Crippen molar-refractivity contribution in [1.82, 2.24) is 9.62 Å². The number of hydrogen-bond donors (Lipinski definition) is 2. The second-order valence-corrected chi connectivity index (χ2v) is 9.15. The SMILES string of the molecule is CCC(C)(C)NC(=O)COc1ccc(S(=O)(=O)N2CCCC2)cc1C(N)=O. The van der Waals surface area contributed by atoms with Gasteiger partial charge in [-0.25, -0.2) is 8.42 Å². The van der Waals surface area contributed by atoms with E-state index in [1.807, 2.05) is 20.8 Å². The van der Waals surface area contributed by atoms with Gasteiger partial charge in [0, 0.05) is 18.6 Å². The molecule has 2 rings (SSSR count). The van der Waals surface area contributed by atoms with E-state index in [1.54, 1.807) is 0 Å². The summed E-state index contributed by atoms with van der Waals surface area (Å²) in [5.74, 6) is -1.09. The van der Waals surface area contributed by atoms with Gasteiger partial charge in [0.2, 0.25) is 10.0 Å². The molecule has 1 heterocycles. The fourth-order valence-corrected chi connectivity index (χ4v) is 4.25. The first-order chi connectivity index (χ1) is 12.6. The molecule has 3 N–H and O–H groups in total. The van der Waals surface area contributed by atoms with Crippen LogP contribution in [-0.4, -0.2) is 49.8 Å². The lowest BCUT2D eigenvalue weighted by molar-refractivity contribution is -0.124. The van der Waals surface area contributed by atoms with Crippen LogP contribution in [0.25, 0.3) is 0 Å². The van der Waals surface area contributed by atoms with Crippen LogP contribution in [0.5, 0.6) is 5.75 Å². The van der Waals surface area contributed by atoms with E-state index in [2.05, 4.69) is 5.32 Å². The largest absolute Gasteiger partial charge is 0.483 e. The summed E-state index contributed by atoms with van der Waals surface area (Å²) in [4.78, 5) is 23.8. The minimum atomic E-state index is -3.68. The zero-order chi connectivity index (χ0) is 20.2. The van der Waals surface area contributed by atoms with E-state index in [0.29, 0.717) is 13.1 Å². The van der Waals surface area contributed by atoms with Crippen molar-refractivity contribution in [2.24, 2.45) is 5.73 Å². The topological polar surface area (TPSA) is 119 Å². The third-order valence-corrected chi connectivity index (χ3v) is 6.53. The maximum atomic E-state index is 12.6. The molecule has 0 atom stereocenters. The van der Waals surface area contributed by atoms with Gasteiger partial charge in [0.25, 0.3) is 11.8 Å². The number of rotatable bonds is 8. The lowest BCUT2D eigenvalue weighted by Gasteiger charge is -2.24. The Morgan fingerprint density at radius 3 is 2.44 bits per heavy atom. The van der Waals surface area contributed by atoms with Gasteiger partial charge in [-0.2, -0.15) is 4.31 Å². The fourth-order valence-electron chi connectivity index (χ4n) is 2.71. The highest BCUT2D eigenvalue weighted by atomic mass is 32.2. The van der Waals surface area contributed by atoms with Crippen LogP contribution in [0, 0.1) is 0 Å². The van der Waals surface area contributed by atoms with Crippen LogP contribution in [-0.2, 0) is 14.8 Å². The van der Waals surface area contributed by atoms with Gasteiger partial charge in [-0.1, -0.05) is 6.92 Å². The predicted molar refractivity (Wildman–Crippen MR) is 101 cm³/mol. The molecule has 0 bridgehead atoms. The van der Waals surface area contributed by atoms with Crippen molar-refractivity contribution in [3.63, 3.8) is 0 Å². The Kier molecular flexibility index (Phi) is 6.48. The number of primary amides is 1. The highest BCUT2D eigenvalue weighted by molar-refractivity contribution is 7.89. The molecule has 1 aromatic rings. The summed E-state index contributed by atoms with van der Waals surface area (Å²) in [6, 6.07) is 3.93. The first kappa shape index (κ1) is 21.2. The van der Waals surface area contributed by atoms with Crippen molar-refractivity contribution in [3.05, 3.63) is 23.8 Å². The average Bonchev–Trinajstić information content (AvgIpc) is 3.14. The molecule has 0 radical (unpaired) electrons. The molecule has 1 aliphatic heterocycles. The Morgan fingerprint density at radius 1 is 1.26 bits per heavy atom. The van der Waals surface area contributed by atoms with E-state index in [0.717, 1.165) is 19.3 Å². The van der Waals surface area contributed by atoms with Crippen molar-refractivity contribution < 1.29 is 22.7 Å². The van der Waals surface area contributed by atoms with Crippen LogP contribution in [0.1, 0.15) is 50.4 Å². The van der Waals surface area contributed by atoms with Gasteiger partial charge in [0.1, 0.15) is 5.75 Å². The highest BCUT2D eigenvalue weighted by Crippen LogP contribution is 2.26. The van der Waals surface area contributed by atoms with E-state index in [-0.39, 0.29) is 34.3 Å². The zero-order valence-corrected chi connectivity index (χ0v) is 16.8. The second kappa shape index (κ2) is 8.26. The highest BCUT2D eigenvalue weighted by Gasteiger charge is 2.28. The smallest absolute Gasteiger partial charge is 0.258 e. The van der Waals surface area contributed by atoms with E-state index < -0.39 is 15.9 Å². The molecule has 1 fully saturated rings. The Morgan fingerprint density at radius 2 is 1.89 bits per heavy atom. The minimum absolute atomic E-state index is 0.0119. The number of amides is 2. The van der Waals surface area contributed by atoms with Gasteiger partial charge in [-0.05, 0) is 51.3 Å². The number of sulfonamides is 1. The average molecular weight is 397 g/mol. The van der Waals surface area contributed by atoms with Gasteiger partial charge >= 0.3 is 0 Å². The summed E-state index contributed by atoms with van der Waals surface area (Å²) in [5, 5.41) is 2.81. The number of nitrogens with zero attached hydrogens (tertiary/aromatic N) is 1. The Labute approximate surface area is 160 Å². The molecule has 0 unspecified atom stereocenters.